The standard InChI is InChI=1S/C12H13ClN2/c1-7-4-5-10(9(3)8(7)2)11-6-14-12(13)15-11/h4-6H,1-3H3,(H,14,15). The summed E-state index contributed by atoms with van der Waals surface area (Å²) in [4.78, 5) is 7.03. The molecule has 1 heterocycles. The molecule has 1 aromatic heterocycles. The third kappa shape index (κ3) is 1.77. The van der Waals surface area contributed by atoms with E-state index in [1.165, 1.54) is 16.7 Å². The molecule has 0 bridgehead atoms. The lowest BCUT2D eigenvalue weighted by molar-refractivity contribution is 1.25. The molecule has 0 atom stereocenters. The highest BCUT2D eigenvalue weighted by Gasteiger charge is 2.07. The van der Waals surface area contributed by atoms with Crippen LogP contribution in [0.2, 0.25) is 5.28 Å². The Morgan fingerprint density at radius 3 is 2.47 bits per heavy atom. The highest BCUT2D eigenvalue weighted by molar-refractivity contribution is 6.28. The molecule has 0 unspecified atom stereocenters. The maximum absolute atomic E-state index is 5.77. The molecule has 0 aliphatic heterocycles. The number of hydrogen-bond acceptors (Lipinski definition) is 1. The van der Waals surface area contributed by atoms with Crippen molar-refractivity contribution in [3.05, 3.63) is 40.3 Å². The Morgan fingerprint density at radius 1 is 1.13 bits per heavy atom. The second-order valence-corrected chi connectivity index (χ2v) is 4.13. The van der Waals surface area contributed by atoms with Gasteiger partial charge in [0.15, 0.2) is 5.28 Å². The highest BCUT2D eigenvalue weighted by atomic mass is 35.5. The van der Waals surface area contributed by atoms with Crippen LogP contribution in [0.3, 0.4) is 0 Å². The SMILES string of the molecule is Cc1ccc(-c2cnc(Cl)[nH]2)c(C)c1C. The third-order valence-electron chi connectivity index (χ3n) is 2.89. The molecule has 0 fully saturated rings. The fourth-order valence-corrected chi connectivity index (χ4v) is 1.83. The van der Waals surface area contributed by atoms with Gasteiger partial charge < -0.3 is 4.98 Å². The summed E-state index contributed by atoms with van der Waals surface area (Å²) < 4.78 is 0. The molecular formula is C12H13ClN2. The van der Waals surface area contributed by atoms with Crippen molar-refractivity contribution in [2.45, 2.75) is 20.8 Å². The Morgan fingerprint density at radius 2 is 1.87 bits per heavy atom. The van der Waals surface area contributed by atoms with Gasteiger partial charge in [0.05, 0.1) is 11.9 Å². The van der Waals surface area contributed by atoms with Gasteiger partial charge in [-0.15, -0.1) is 0 Å². The third-order valence-corrected chi connectivity index (χ3v) is 3.09. The second kappa shape index (κ2) is 3.70. The topological polar surface area (TPSA) is 28.7 Å². The Balaban J connectivity index is 2.59. The summed E-state index contributed by atoms with van der Waals surface area (Å²) in [6, 6.07) is 4.22. The Kier molecular flexibility index (Phi) is 2.53. The van der Waals surface area contributed by atoms with Crippen molar-refractivity contribution >= 4 is 11.6 Å². The molecule has 2 nitrogen and oxygen atoms in total. The number of aromatic nitrogens is 2. The minimum atomic E-state index is 0.433. The van der Waals surface area contributed by atoms with E-state index in [4.69, 9.17) is 11.6 Å². The lowest BCUT2D eigenvalue weighted by atomic mass is 9.97. The number of aryl methyl sites for hydroxylation is 1. The molecular weight excluding hydrogens is 208 g/mol. The van der Waals surface area contributed by atoms with Gasteiger partial charge in [0, 0.05) is 5.56 Å². The van der Waals surface area contributed by atoms with Crippen LogP contribution in [0.5, 0.6) is 0 Å². The van der Waals surface area contributed by atoms with Gasteiger partial charge in [0.25, 0.3) is 0 Å². The van der Waals surface area contributed by atoms with E-state index in [-0.39, 0.29) is 0 Å². The first-order valence-electron chi connectivity index (χ1n) is 4.87. The number of H-pyrrole nitrogens is 1. The maximum Gasteiger partial charge on any atom is 0.200 e. The quantitative estimate of drug-likeness (QED) is 0.781. The lowest BCUT2D eigenvalue weighted by Gasteiger charge is -2.09. The first-order chi connectivity index (χ1) is 7.09. The van der Waals surface area contributed by atoms with E-state index < -0.39 is 0 Å². The Bertz CT molecular complexity index is 500. The van der Waals surface area contributed by atoms with Crippen molar-refractivity contribution in [1.29, 1.82) is 0 Å². The highest BCUT2D eigenvalue weighted by Crippen LogP contribution is 2.26. The minimum Gasteiger partial charge on any atom is -0.329 e. The van der Waals surface area contributed by atoms with Crippen LogP contribution >= 0.6 is 11.6 Å². The summed E-state index contributed by atoms with van der Waals surface area (Å²) in [5.74, 6) is 0. The van der Waals surface area contributed by atoms with Crippen LogP contribution in [0, 0.1) is 20.8 Å². The van der Waals surface area contributed by atoms with Gasteiger partial charge in [-0.2, -0.15) is 0 Å². The first-order valence-corrected chi connectivity index (χ1v) is 5.25. The predicted molar refractivity (Wildman–Crippen MR) is 63.2 cm³/mol. The van der Waals surface area contributed by atoms with Gasteiger partial charge in [0.1, 0.15) is 0 Å². The number of nitrogens with zero attached hydrogens (tertiary/aromatic N) is 1. The largest absolute Gasteiger partial charge is 0.329 e. The zero-order chi connectivity index (χ0) is 11.0. The molecule has 1 aromatic carbocycles. The molecule has 3 heteroatoms. The molecule has 0 saturated carbocycles. The number of imidazole rings is 1. The van der Waals surface area contributed by atoms with Gasteiger partial charge >= 0.3 is 0 Å². The van der Waals surface area contributed by atoms with Crippen LogP contribution in [0.4, 0.5) is 0 Å². The van der Waals surface area contributed by atoms with Gasteiger partial charge in [0.2, 0.25) is 0 Å². The van der Waals surface area contributed by atoms with Crippen LogP contribution in [0.25, 0.3) is 11.3 Å². The lowest BCUT2D eigenvalue weighted by Crippen LogP contribution is -1.90. The Labute approximate surface area is 94.3 Å². The first kappa shape index (κ1) is 10.2. The molecule has 0 aliphatic rings. The normalized spacial score (nSPS) is 10.7. The molecule has 0 aliphatic carbocycles. The number of rotatable bonds is 1. The summed E-state index contributed by atoms with van der Waals surface area (Å²) in [6.45, 7) is 6.37. The summed E-state index contributed by atoms with van der Waals surface area (Å²) in [7, 11) is 0. The zero-order valence-corrected chi connectivity index (χ0v) is 9.81. The summed E-state index contributed by atoms with van der Waals surface area (Å²) in [5, 5.41) is 0.433. The summed E-state index contributed by atoms with van der Waals surface area (Å²) in [5.41, 5.74) is 6.04. The van der Waals surface area contributed by atoms with Crippen molar-refractivity contribution in [3.63, 3.8) is 0 Å². The summed E-state index contributed by atoms with van der Waals surface area (Å²) >= 11 is 5.77. The average Bonchev–Trinajstić information content (AvgIpc) is 2.61. The molecule has 2 aromatic rings. The average molecular weight is 221 g/mol. The van der Waals surface area contributed by atoms with E-state index in [9.17, 15) is 0 Å². The fraction of sp³-hybridized carbons (Fsp3) is 0.250. The molecule has 1 N–H and O–H groups in total. The van der Waals surface area contributed by atoms with Gasteiger partial charge in [-0.3, -0.25) is 0 Å². The summed E-state index contributed by atoms with van der Waals surface area (Å²) in [6.07, 6.45) is 1.76. The molecule has 0 amide bonds. The smallest absolute Gasteiger partial charge is 0.200 e. The van der Waals surface area contributed by atoms with Crippen LogP contribution in [0.1, 0.15) is 16.7 Å². The second-order valence-electron chi connectivity index (χ2n) is 3.77. The van der Waals surface area contributed by atoms with Crippen molar-refractivity contribution in [1.82, 2.24) is 9.97 Å². The van der Waals surface area contributed by atoms with E-state index in [1.807, 2.05) is 0 Å². The van der Waals surface area contributed by atoms with E-state index >= 15 is 0 Å². The van der Waals surface area contributed by atoms with Gasteiger partial charge in [-0.05, 0) is 49.1 Å². The predicted octanol–water partition coefficient (Wildman–Crippen LogP) is 3.66. The van der Waals surface area contributed by atoms with Gasteiger partial charge in [-0.1, -0.05) is 12.1 Å². The van der Waals surface area contributed by atoms with E-state index in [0.717, 1.165) is 11.3 Å². The van der Waals surface area contributed by atoms with Crippen LogP contribution in [-0.4, -0.2) is 9.97 Å². The maximum atomic E-state index is 5.77. The van der Waals surface area contributed by atoms with Crippen molar-refractivity contribution in [3.8, 4) is 11.3 Å². The van der Waals surface area contributed by atoms with Crippen molar-refractivity contribution in [2.24, 2.45) is 0 Å². The Hall–Kier alpha value is -1.28. The van der Waals surface area contributed by atoms with Crippen LogP contribution < -0.4 is 0 Å². The minimum absolute atomic E-state index is 0.433. The monoisotopic (exact) mass is 220 g/mol. The number of aromatic amines is 1. The number of halogens is 1. The molecule has 0 radical (unpaired) electrons. The van der Waals surface area contributed by atoms with Gasteiger partial charge in [-0.25, -0.2) is 4.98 Å². The van der Waals surface area contributed by atoms with E-state index in [2.05, 4.69) is 42.9 Å². The number of hydrogen-bond donors (Lipinski definition) is 1. The molecule has 15 heavy (non-hydrogen) atoms. The molecule has 2 rings (SSSR count). The number of benzene rings is 1. The van der Waals surface area contributed by atoms with Crippen LogP contribution in [-0.2, 0) is 0 Å². The fourth-order valence-electron chi connectivity index (χ4n) is 1.68. The van der Waals surface area contributed by atoms with Crippen molar-refractivity contribution < 1.29 is 0 Å². The van der Waals surface area contributed by atoms with E-state index in [0.29, 0.717) is 5.28 Å². The van der Waals surface area contributed by atoms with Crippen molar-refractivity contribution in [2.75, 3.05) is 0 Å². The molecule has 0 spiro atoms. The zero-order valence-electron chi connectivity index (χ0n) is 9.06. The molecule has 78 valence electrons. The van der Waals surface area contributed by atoms with Crippen LogP contribution in [0.15, 0.2) is 18.3 Å². The van der Waals surface area contributed by atoms with E-state index in [1.54, 1.807) is 6.20 Å². The molecule has 0 saturated heterocycles. The number of nitrogens with one attached hydrogen (secondary N) is 1.